The zero-order chi connectivity index (χ0) is 21.5. The number of amides is 2. The maximum atomic E-state index is 12.3. The van der Waals surface area contributed by atoms with E-state index in [0.29, 0.717) is 17.8 Å². The molecule has 0 unspecified atom stereocenters. The number of rotatable bonds is 7. The van der Waals surface area contributed by atoms with Gasteiger partial charge in [-0.05, 0) is 30.5 Å². The summed E-state index contributed by atoms with van der Waals surface area (Å²) in [6.45, 7) is 0.459. The van der Waals surface area contributed by atoms with Crippen molar-refractivity contribution in [3.05, 3.63) is 76.2 Å². The molecule has 0 saturated carbocycles. The predicted molar refractivity (Wildman–Crippen MR) is 111 cm³/mol. The molecule has 0 bridgehead atoms. The van der Waals surface area contributed by atoms with Gasteiger partial charge < -0.3 is 25.8 Å². The van der Waals surface area contributed by atoms with Crippen molar-refractivity contribution in [2.45, 2.75) is 12.8 Å². The van der Waals surface area contributed by atoms with Gasteiger partial charge in [0.25, 0.3) is 5.56 Å². The molecular formula is C21H20N4O5. The fourth-order valence-corrected chi connectivity index (χ4v) is 2.85. The number of aromatic amines is 1. The number of para-hydroxylation sites is 1. The largest absolute Gasteiger partial charge is 0.501 e. The van der Waals surface area contributed by atoms with Gasteiger partial charge in [-0.1, -0.05) is 42.5 Å². The number of carbonyl (C=O) groups is 2. The van der Waals surface area contributed by atoms with Crippen LogP contribution in [0.25, 0.3) is 11.4 Å². The second kappa shape index (κ2) is 9.37. The van der Waals surface area contributed by atoms with Crippen molar-refractivity contribution in [2.75, 3.05) is 11.9 Å². The fourth-order valence-electron chi connectivity index (χ4n) is 2.85. The molecule has 0 radical (unpaired) electrons. The third-order valence-electron chi connectivity index (χ3n) is 4.30. The van der Waals surface area contributed by atoms with Gasteiger partial charge in [-0.25, -0.2) is 14.6 Å². The Labute approximate surface area is 171 Å². The molecule has 0 fully saturated rings. The van der Waals surface area contributed by atoms with E-state index in [1.807, 2.05) is 30.3 Å². The molecule has 9 nitrogen and oxygen atoms in total. The van der Waals surface area contributed by atoms with Crippen LogP contribution in [0.5, 0.6) is 5.75 Å². The number of benzene rings is 2. The molecule has 0 atom stereocenters. The van der Waals surface area contributed by atoms with Crippen LogP contribution in [-0.4, -0.2) is 38.7 Å². The number of aromatic nitrogens is 2. The molecule has 9 heteroatoms. The van der Waals surface area contributed by atoms with Crippen molar-refractivity contribution in [1.82, 2.24) is 15.3 Å². The Balaban J connectivity index is 1.69. The Morgan fingerprint density at radius 2 is 1.73 bits per heavy atom. The Bertz CT molecular complexity index is 1110. The number of aryl methyl sites for hydroxylation is 1. The summed E-state index contributed by atoms with van der Waals surface area (Å²) in [5, 5.41) is 24.1. The number of carboxylic acids is 1. The van der Waals surface area contributed by atoms with E-state index >= 15 is 0 Å². The van der Waals surface area contributed by atoms with Gasteiger partial charge in [0, 0.05) is 12.1 Å². The zero-order valence-corrected chi connectivity index (χ0v) is 15.9. The zero-order valence-electron chi connectivity index (χ0n) is 15.9. The number of anilines is 1. The molecule has 1 aromatic heterocycles. The second-order valence-electron chi connectivity index (χ2n) is 6.43. The molecule has 2 amide bonds. The highest BCUT2D eigenvalue weighted by Crippen LogP contribution is 2.25. The highest BCUT2D eigenvalue weighted by molar-refractivity contribution is 5.94. The minimum atomic E-state index is -1.54. The minimum absolute atomic E-state index is 0.0878. The van der Waals surface area contributed by atoms with Crippen molar-refractivity contribution >= 4 is 17.7 Å². The normalized spacial score (nSPS) is 10.4. The molecule has 3 rings (SSSR count). The summed E-state index contributed by atoms with van der Waals surface area (Å²) in [5.74, 6) is -2.61. The predicted octanol–water partition coefficient (Wildman–Crippen LogP) is 2.60. The van der Waals surface area contributed by atoms with Gasteiger partial charge in [0.2, 0.25) is 5.75 Å². The van der Waals surface area contributed by atoms with E-state index in [4.69, 9.17) is 5.11 Å². The van der Waals surface area contributed by atoms with Gasteiger partial charge in [-0.2, -0.15) is 0 Å². The Morgan fingerprint density at radius 3 is 2.47 bits per heavy atom. The van der Waals surface area contributed by atoms with E-state index in [1.54, 1.807) is 24.3 Å². The number of urea groups is 1. The monoisotopic (exact) mass is 408 g/mol. The molecule has 2 aromatic carbocycles. The van der Waals surface area contributed by atoms with Crippen LogP contribution in [0, 0.1) is 0 Å². The van der Waals surface area contributed by atoms with E-state index in [2.05, 4.69) is 20.6 Å². The Hall–Kier alpha value is -4.14. The van der Waals surface area contributed by atoms with Crippen molar-refractivity contribution < 1.29 is 19.8 Å². The quantitative estimate of drug-likeness (QED) is 0.380. The summed E-state index contributed by atoms with van der Waals surface area (Å²) in [5.41, 5.74) is 0.0490. The molecule has 3 aromatic rings. The first-order chi connectivity index (χ1) is 14.5. The summed E-state index contributed by atoms with van der Waals surface area (Å²) in [7, 11) is 0. The molecule has 5 N–H and O–H groups in total. The molecular weight excluding hydrogens is 388 g/mol. The third kappa shape index (κ3) is 5.02. The lowest BCUT2D eigenvalue weighted by atomic mass is 10.1. The molecule has 0 aliphatic carbocycles. The average molecular weight is 408 g/mol. The van der Waals surface area contributed by atoms with Gasteiger partial charge in [-0.3, -0.25) is 4.79 Å². The lowest BCUT2D eigenvalue weighted by Crippen LogP contribution is -2.30. The van der Waals surface area contributed by atoms with E-state index in [9.17, 15) is 19.5 Å². The van der Waals surface area contributed by atoms with Crippen LogP contribution >= 0.6 is 0 Å². The summed E-state index contributed by atoms with van der Waals surface area (Å²) < 4.78 is 0. The number of H-pyrrole nitrogens is 1. The van der Waals surface area contributed by atoms with Crippen molar-refractivity contribution in [1.29, 1.82) is 0 Å². The van der Waals surface area contributed by atoms with Crippen LogP contribution in [0.2, 0.25) is 0 Å². The second-order valence-corrected chi connectivity index (χ2v) is 6.43. The number of hydrogen-bond donors (Lipinski definition) is 5. The Kier molecular flexibility index (Phi) is 6.43. The van der Waals surface area contributed by atoms with E-state index < -0.39 is 29.0 Å². The van der Waals surface area contributed by atoms with Gasteiger partial charge in [0.05, 0.1) is 5.69 Å². The summed E-state index contributed by atoms with van der Waals surface area (Å²) in [4.78, 5) is 41.4. The molecule has 154 valence electrons. The number of hydrogen-bond acceptors (Lipinski definition) is 5. The number of aromatic carboxylic acids is 1. The van der Waals surface area contributed by atoms with Gasteiger partial charge in [0.1, 0.15) is 5.82 Å². The van der Waals surface area contributed by atoms with Crippen LogP contribution in [0.4, 0.5) is 10.5 Å². The summed E-state index contributed by atoms with van der Waals surface area (Å²) >= 11 is 0. The van der Waals surface area contributed by atoms with Gasteiger partial charge in [-0.15, -0.1) is 0 Å². The first kappa shape index (κ1) is 20.6. The maximum absolute atomic E-state index is 12.3. The molecule has 0 aliphatic rings. The van der Waals surface area contributed by atoms with Crippen molar-refractivity contribution in [3.8, 4) is 17.1 Å². The van der Waals surface area contributed by atoms with Crippen LogP contribution in [0.15, 0.2) is 59.4 Å². The minimum Gasteiger partial charge on any atom is -0.501 e. The molecule has 0 saturated heterocycles. The number of nitrogens with one attached hydrogen (secondary N) is 3. The molecule has 30 heavy (non-hydrogen) atoms. The van der Waals surface area contributed by atoms with Crippen molar-refractivity contribution in [2.24, 2.45) is 0 Å². The van der Waals surface area contributed by atoms with Crippen LogP contribution in [0.3, 0.4) is 0 Å². The van der Waals surface area contributed by atoms with Crippen LogP contribution in [0.1, 0.15) is 22.5 Å². The first-order valence-corrected chi connectivity index (χ1v) is 9.20. The summed E-state index contributed by atoms with van der Waals surface area (Å²) in [6, 6.07) is 15.9. The van der Waals surface area contributed by atoms with E-state index in [1.165, 1.54) is 5.56 Å². The average Bonchev–Trinajstić information content (AvgIpc) is 2.74. The number of nitrogens with zero attached hydrogens (tertiary/aromatic N) is 1. The number of carbonyl (C=O) groups excluding carboxylic acids is 1. The lowest BCUT2D eigenvalue weighted by molar-refractivity contribution is 0.0686. The standard InChI is InChI=1S/C21H20N4O5/c26-17-16(20(28)29)24-18(25-19(17)27)14-10-4-5-11-15(14)23-21(30)22-12-6-9-13-7-2-1-3-8-13/h1-5,7-8,10-11,26H,6,9,12H2,(H,28,29)(H2,22,23,30)(H,24,25,27). The Morgan fingerprint density at radius 1 is 1.03 bits per heavy atom. The first-order valence-electron chi connectivity index (χ1n) is 9.20. The van der Waals surface area contributed by atoms with Crippen molar-refractivity contribution in [3.63, 3.8) is 0 Å². The van der Waals surface area contributed by atoms with Crippen LogP contribution < -0.4 is 16.2 Å². The van der Waals surface area contributed by atoms with E-state index in [0.717, 1.165) is 12.8 Å². The number of aromatic hydroxyl groups is 1. The topological polar surface area (TPSA) is 144 Å². The highest BCUT2D eigenvalue weighted by atomic mass is 16.4. The van der Waals surface area contributed by atoms with Crippen LogP contribution in [-0.2, 0) is 6.42 Å². The lowest BCUT2D eigenvalue weighted by Gasteiger charge is -2.12. The number of carboxylic acid groups (broad SMARTS) is 1. The van der Waals surface area contributed by atoms with E-state index in [-0.39, 0.29) is 5.82 Å². The highest BCUT2D eigenvalue weighted by Gasteiger charge is 2.19. The molecule has 0 spiro atoms. The molecule has 1 heterocycles. The SMILES string of the molecule is O=C(NCCCc1ccccc1)Nc1ccccc1-c1nc(C(=O)O)c(O)c(=O)[nH]1. The molecule has 0 aliphatic heterocycles. The third-order valence-corrected chi connectivity index (χ3v) is 4.30. The van der Waals surface area contributed by atoms with Gasteiger partial charge >= 0.3 is 12.0 Å². The maximum Gasteiger partial charge on any atom is 0.358 e. The fraction of sp³-hybridized carbons (Fsp3) is 0.143. The summed E-state index contributed by atoms with van der Waals surface area (Å²) in [6.07, 6.45) is 1.59. The van der Waals surface area contributed by atoms with Gasteiger partial charge in [0.15, 0.2) is 5.69 Å². The smallest absolute Gasteiger partial charge is 0.358 e.